The molecule has 1 spiro atoms. The summed E-state index contributed by atoms with van der Waals surface area (Å²) in [5, 5.41) is 3.25. The fourth-order valence-corrected chi connectivity index (χ4v) is 6.00. The van der Waals surface area contributed by atoms with Gasteiger partial charge in [-0.25, -0.2) is 0 Å². The third-order valence-electron chi connectivity index (χ3n) is 7.98. The molecule has 1 heterocycles. The van der Waals surface area contributed by atoms with Crippen LogP contribution in [0.3, 0.4) is 0 Å². The van der Waals surface area contributed by atoms with E-state index >= 15 is 0 Å². The van der Waals surface area contributed by atoms with Crippen LogP contribution in [0.5, 0.6) is 0 Å². The first kappa shape index (κ1) is 18.4. The average molecular weight is 379 g/mol. The summed E-state index contributed by atoms with van der Waals surface area (Å²) in [7, 11) is 0. The van der Waals surface area contributed by atoms with Crippen molar-refractivity contribution < 1.29 is 4.79 Å². The summed E-state index contributed by atoms with van der Waals surface area (Å²) < 4.78 is 0. The molecule has 28 heavy (non-hydrogen) atoms. The molecular formula is C25H34N2O. The average Bonchev–Trinajstić information content (AvgIpc) is 3.25. The summed E-state index contributed by atoms with van der Waals surface area (Å²) in [5.74, 6) is 0.619. The van der Waals surface area contributed by atoms with Gasteiger partial charge < -0.3 is 5.32 Å². The lowest BCUT2D eigenvalue weighted by molar-refractivity contribution is -0.123. The Morgan fingerprint density at radius 3 is 2.54 bits per heavy atom. The molecule has 1 saturated heterocycles. The number of benzene rings is 1. The predicted octanol–water partition coefficient (Wildman–Crippen LogP) is 4.26. The molecule has 1 aromatic rings. The van der Waals surface area contributed by atoms with E-state index in [2.05, 4.69) is 40.6 Å². The SMILES string of the molecule is O=C(NCCC1=CCCCC1)C1CC12CCN(C1Cc3ccccc3C1)CC2. The summed E-state index contributed by atoms with van der Waals surface area (Å²) in [4.78, 5) is 15.4. The van der Waals surface area contributed by atoms with E-state index in [0.29, 0.717) is 17.4 Å². The fraction of sp³-hybridized carbons (Fsp3) is 0.640. The highest BCUT2D eigenvalue weighted by molar-refractivity contribution is 5.82. The van der Waals surface area contributed by atoms with Crippen LogP contribution in [0.15, 0.2) is 35.9 Å². The molecule has 3 nitrogen and oxygen atoms in total. The van der Waals surface area contributed by atoms with Gasteiger partial charge in [-0.3, -0.25) is 9.69 Å². The zero-order valence-electron chi connectivity index (χ0n) is 17.1. The van der Waals surface area contributed by atoms with Crippen molar-refractivity contribution >= 4 is 5.91 Å². The highest BCUT2D eigenvalue weighted by atomic mass is 16.2. The van der Waals surface area contributed by atoms with E-state index in [4.69, 9.17) is 0 Å². The van der Waals surface area contributed by atoms with Crippen molar-refractivity contribution in [3.05, 3.63) is 47.0 Å². The van der Waals surface area contributed by atoms with E-state index in [0.717, 1.165) is 19.4 Å². The van der Waals surface area contributed by atoms with Gasteiger partial charge in [0.15, 0.2) is 0 Å². The molecule has 150 valence electrons. The molecule has 3 aliphatic carbocycles. The number of fused-ring (bicyclic) bond motifs is 1. The summed E-state index contributed by atoms with van der Waals surface area (Å²) in [5.41, 5.74) is 4.98. The molecule has 0 bridgehead atoms. The second-order valence-corrected chi connectivity index (χ2v) is 9.64. The molecule has 1 saturated carbocycles. The van der Waals surface area contributed by atoms with Crippen molar-refractivity contribution in [3.8, 4) is 0 Å². The highest BCUT2D eigenvalue weighted by Crippen LogP contribution is 2.59. The molecule has 3 heteroatoms. The van der Waals surface area contributed by atoms with Gasteiger partial charge in [-0.2, -0.15) is 0 Å². The zero-order valence-corrected chi connectivity index (χ0v) is 17.1. The number of nitrogens with one attached hydrogen (secondary N) is 1. The van der Waals surface area contributed by atoms with Gasteiger partial charge in [0.25, 0.3) is 0 Å². The number of allylic oxidation sites excluding steroid dienone is 1. The summed E-state index contributed by atoms with van der Waals surface area (Å²) >= 11 is 0. The Morgan fingerprint density at radius 2 is 1.86 bits per heavy atom. The predicted molar refractivity (Wildman–Crippen MR) is 113 cm³/mol. The monoisotopic (exact) mass is 378 g/mol. The van der Waals surface area contributed by atoms with Gasteiger partial charge in [0.2, 0.25) is 5.91 Å². The molecule has 1 unspecified atom stereocenters. The smallest absolute Gasteiger partial charge is 0.223 e. The number of likely N-dealkylation sites (tertiary alicyclic amines) is 1. The van der Waals surface area contributed by atoms with Crippen LogP contribution in [-0.2, 0) is 17.6 Å². The molecule has 5 rings (SSSR count). The topological polar surface area (TPSA) is 32.3 Å². The molecule has 1 aliphatic heterocycles. The van der Waals surface area contributed by atoms with E-state index in [1.54, 1.807) is 16.7 Å². The number of hydrogen-bond donors (Lipinski definition) is 1. The molecule has 1 N–H and O–H groups in total. The molecule has 2 fully saturated rings. The quantitative estimate of drug-likeness (QED) is 0.777. The summed E-state index contributed by atoms with van der Waals surface area (Å²) in [6.45, 7) is 3.19. The number of nitrogens with zero attached hydrogens (tertiary/aromatic N) is 1. The maximum absolute atomic E-state index is 12.7. The molecule has 1 aromatic carbocycles. The van der Waals surface area contributed by atoms with Crippen molar-refractivity contribution in [1.82, 2.24) is 10.2 Å². The van der Waals surface area contributed by atoms with Gasteiger partial charge in [0.05, 0.1) is 0 Å². The van der Waals surface area contributed by atoms with Crippen molar-refractivity contribution in [1.29, 1.82) is 0 Å². The van der Waals surface area contributed by atoms with Crippen LogP contribution >= 0.6 is 0 Å². The largest absolute Gasteiger partial charge is 0.356 e. The minimum absolute atomic E-state index is 0.288. The number of hydrogen-bond acceptors (Lipinski definition) is 2. The first-order valence-electron chi connectivity index (χ1n) is 11.5. The normalized spacial score (nSPS) is 26.7. The van der Waals surface area contributed by atoms with Crippen LogP contribution < -0.4 is 5.32 Å². The first-order chi connectivity index (χ1) is 13.7. The minimum atomic E-state index is 0.288. The molecule has 1 atom stereocenters. The van der Waals surface area contributed by atoms with Crippen LogP contribution in [-0.4, -0.2) is 36.5 Å². The fourth-order valence-electron chi connectivity index (χ4n) is 6.00. The van der Waals surface area contributed by atoms with E-state index < -0.39 is 0 Å². The van der Waals surface area contributed by atoms with Crippen LogP contribution in [0.1, 0.15) is 62.5 Å². The Hall–Kier alpha value is -1.61. The molecule has 0 aromatic heterocycles. The maximum atomic E-state index is 12.7. The van der Waals surface area contributed by atoms with E-state index in [1.807, 2.05) is 0 Å². The van der Waals surface area contributed by atoms with E-state index in [-0.39, 0.29) is 5.92 Å². The van der Waals surface area contributed by atoms with Gasteiger partial charge in [-0.1, -0.05) is 35.9 Å². The Kier molecular flexibility index (Phi) is 5.04. The van der Waals surface area contributed by atoms with E-state index in [9.17, 15) is 4.79 Å². The second kappa shape index (κ2) is 7.67. The van der Waals surface area contributed by atoms with Crippen molar-refractivity contribution in [2.45, 2.75) is 70.3 Å². The number of carbonyl (C=O) groups is 1. The minimum Gasteiger partial charge on any atom is -0.356 e. The highest BCUT2D eigenvalue weighted by Gasteiger charge is 2.58. The Balaban J connectivity index is 1.07. The zero-order chi connectivity index (χ0) is 19.0. The third kappa shape index (κ3) is 3.66. The van der Waals surface area contributed by atoms with Gasteiger partial charge in [-0.15, -0.1) is 0 Å². The van der Waals surface area contributed by atoms with Gasteiger partial charge in [-0.05, 0) is 93.8 Å². The Bertz CT molecular complexity index is 735. The number of carbonyl (C=O) groups excluding carboxylic acids is 1. The summed E-state index contributed by atoms with van der Waals surface area (Å²) in [6.07, 6.45) is 14.6. The lowest BCUT2D eigenvalue weighted by Crippen LogP contribution is -2.43. The number of amides is 1. The molecule has 1 amide bonds. The van der Waals surface area contributed by atoms with E-state index in [1.165, 1.54) is 64.5 Å². The standard InChI is InChI=1S/C25H34N2O/c28-24(26-13-10-19-6-2-1-3-7-19)23-18-25(23)11-14-27(15-12-25)22-16-20-8-4-5-9-21(20)17-22/h4-6,8-9,22-23H,1-3,7,10-18H2,(H,26,28). The van der Waals surface area contributed by atoms with Crippen LogP contribution in [0.4, 0.5) is 0 Å². The molecular weight excluding hydrogens is 344 g/mol. The van der Waals surface area contributed by atoms with Crippen molar-refractivity contribution in [2.24, 2.45) is 11.3 Å². The van der Waals surface area contributed by atoms with Crippen LogP contribution in [0.25, 0.3) is 0 Å². The molecule has 0 radical (unpaired) electrons. The lowest BCUT2D eigenvalue weighted by Gasteiger charge is -2.36. The third-order valence-corrected chi connectivity index (χ3v) is 7.98. The van der Waals surface area contributed by atoms with Gasteiger partial charge >= 0.3 is 0 Å². The second-order valence-electron chi connectivity index (χ2n) is 9.64. The Morgan fingerprint density at radius 1 is 1.11 bits per heavy atom. The van der Waals surface area contributed by atoms with Crippen LogP contribution in [0.2, 0.25) is 0 Å². The lowest BCUT2D eigenvalue weighted by atomic mass is 9.89. The van der Waals surface area contributed by atoms with Crippen LogP contribution in [0, 0.1) is 11.3 Å². The van der Waals surface area contributed by atoms with Crippen molar-refractivity contribution in [2.75, 3.05) is 19.6 Å². The maximum Gasteiger partial charge on any atom is 0.223 e. The van der Waals surface area contributed by atoms with Crippen molar-refractivity contribution in [3.63, 3.8) is 0 Å². The first-order valence-corrected chi connectivity index (χ1v) is 11.5. The Labute approximate surface area is 169 Å². The van der Waals surface area contributed by atoms with Gasteiger partial charge in [0, 0.05) is 18.5 Å². The number of rotatable bonds is 5. The van der Waals surface area contributed by atoms with Gasteiger partial charge in [0.1, 0.15) is 0 Å². The number of piperidine rings is 1. The summed E-state index contributed by atoms with van der Waals surface area (Å²) in [6, 6.07) is 9.62. The molecule has 4 aliphatic rings.